The molecular formula is C13H18N4. The molecule has 4 heteroatoms. The van der Waals surface area contributed by atoms with Crippen molar-refractivity contribution >= 4 is 0 Å². The lowest BCUT2D eigenvalue weighted by Gasteiger charge is -2.11. The summed E-state index contributed by atoms with van der Waals surface area (Å²) in [6.07, 6.45) is 5.58. The number of aromatic nitrogens is 3. The minimum Gasteiger partial charge on any atom is -0.313 e. The van der Waals surface area contributed by atoms with E-state index in [9.17, 15) is 0 Å². The van der Waals surface area contributed by atoms with Gasteiger partial charge in [-0.15, -0.1) is 0 Å². The summed E-state index contributed by atoms with van der Waals surface area (Å²) in [4.78, 5) is 8.53. The van der Waals surface area contributed by atoms with Gasteiger partial charge in [-0.1, -0.05) is 6.92 Å². The number of hydrogen-bond acceptors (Lipinski definition) is 3. The quantitative estimate of drug-likeness (QED) is 0.873. The van der Waals surface area contributed by atoms with Crippen molar-refractivity contribution in [1.82, 2.24) is 19.9 Å². The van der Waals surface area contributed by atoms with Gasteiger partial charge >= 0.3 is 0 Å². The van der Waals surface area contributed by atoms with Crippen LogP contribution >= 0.6 is 0 Å². The van der Waals surface area contributed by atoms with Crippen LogP contribution in [-0.2, 0) is 6.54 Å². The summed E-state index contributed by atoms with van der Waals surface area (Å²) in [6.45, 7) is 8.01. The third-order valence-electron chi connectivity index (χ3n) is 2.96. The van der Waals surface area contributed by atoms with Crippen LogP contribution < -0.4 is 5.32 Å². The van der Waals surface area contributed by atoms with Crippen LogP contribution in [0, 0.1) is 13.8 Å². The molecule has 0 aliphatic carbocycles. The molecular weight excluding hydrogens is 212 g/mol. The van der Waals surface area contributed by atoms with Gasteiger partial charge in [-0.2, -0.15) is 0 Å². The number of nitrogens with zero attached hydrogens (tertiary/aromatic N) is 3. The van der Waals surface area contributed by atoms with E-state index in [-0.39, 0.29) is 0 Å². The van der Waals surface area contributed by atoms with Gasteiger partial charge in [-0.3, -0.25) is 4.98 Å². The fraction of sp³-hybridized carbons (Fsp3) is 0.385. The first-order chi connectivity index (χ1) is 8.24. The highest BCUT2D eigenvalue weighted by Crippen LogP contribution is 2.16. The fourth-order valence-electron chi connectivity index (χ4n) is 1.78. The van der Waals surface area contributed by atoms with Crippen LogP contribution in [0.25, 0.3) is 5.69 Å². The molecule has 0 saturated heterocycles. The molecule has 0 atom stereocenters. The summed E-state index contributed by atoms with van der Waals surface area (Å²) in [7, 11) is 0. The molecule has 0 bridgehead atoms. The Labute approximate surface area is 102 Å². The highest BCUT2D eigenvalue weighted by Gasteiger charge is 2.08. The Balaban J connectivity index is 2.41. The van der Waals surface area contributed by atoms with E-state index >= 15 is 0 Å². The van der Waals surface area contributed by atoms with Crippen molar-refractivity contribution in [1.29, 1.82) is 0 Å². The molecule has 0 aliphatic heterocycles. The molecule has 0 saturated carbocycles. The average Bonchev–Trinajstić information content (AvgIpc) is 2.68. The maximum absolute atomic E-state index is 4.33. The summed E-state index contributed by atoms with van der Waals surface area (Å²) in [5, 5.41) is 3.34. The molecule has 2 aromatic heterocycles. The Bertz CT molecular complexity index is 502. The number of hydrogen-bond donors (Lipinski definition) is 1. The van der Waals surface area contributed by atoms with Crippen LogP contribution in [0.15, 0.2) is 24.8 Å². The van der Waals surface area contributed by atoms with Gasteiger partial charge < -0.3 is 9.88 Å². The maximum atomic E-state index is 4.33. The molecule has 0 aliphatic rings. The first-order valence-corrected chi connectivity index (χ1v) is 5.88. The van der Waals surface area contributed by atoms with E-state index in [1.54, 1.807) is 0 Å². The van der Waals surface area contributed by atoms with E-state index in [1.165, 1.54) is 5.56 Å². The van der Waals surface area contributed by atoms with Crippen LogP contribution in [0.1, 0.15) is 23.9 Å². The second-order valence-electron chi connectivity index (χ2n) is 4.07. The Hall–Kier alpha value is -1.68. The van der Waals surface area contributed by atoms with Crippen LogP contribution in [0.3, 0.4) is 0 Å². The molecule has 0 radical (unpaired) electrons. The second kappa shape index (κ2) is 5.10. The minimum atomic E-state index is 0.852. The van der Waals surface area contributed by atoms with Gasteiger partial charge in [-0.25, -0.2) is 4.98 Å². The van der Waals surface area contributed by atoms with Gasteiger partial charge in [0.2, 0.25) is 0 Å². The molecule has 1 N–H and O–H groups in total. The molecule has 0 spiro atoms. The number of pyridine rings is 1. The highest BCUT2D eigenvalue weighted by molar-refractivity contribution is 5.40. The van der Waals surface area contributed by atoms with E-state index in [2.05, 4.69) is 33.7 Å². The van der Waals surface area contributed by atoms with Gasteiger partial charge in [0, 0.05) is 18.4 Å². The van der Waals surface area contributed by atoms with Crippen LogP contribution in [0.5, 0.6) is 0 Å². The van der Waals surface area contributed by atoms with E-state index in [0.717, 1.165) is 30.2 Å². The number of nitrogens with one attached hydrogen (secondary N) is 1. The molecule has 2 aromatic rings. The molecule has 17 heavy (non-hydrogen) atoms. The summed E-state index contributed by atoms with van der Waals surface area (Å²) in [5.74, 6) is 0. The van der Waals surface area contributed by atoms with Gasteiger partial charge in [0.1, 0.15) is 0 Å². The first-order valence-electron chi connectivity index (χ1n) is 5.88. The molecule has 2 rings (SSSR count). The summed E-state index contributed by atoms with van der Waals surface area (Å²) < 4.78 is 2.09. The zero-order chi connectivity index (χ0) is 12.3. The Morgan fingerprint density at radius 2 is 2.18 bits per heavy atom. The van der Waals surface area contributed by atoms with Crippen molar-refractivity contribution in [3.8, 4) is 5.69 Å². The zero-order valence-corrected chi connectivity index (χ0v) is 10.6. The maximum Gasteiger partial charge on any atom is 0.0998 e. The molecule has 0 fully saturated rings. The van der Waals surface area contributed by atoms with E-state index in [0.29, 0.717) is 0 Å². The molecule has 4 nitrogen and oxygen atoms in total. The molecule has 2 heterocycles. The molecule has 0 amide bonds. The largest absolute Gasteiger partial charge is 0.313 e. The van der Waals surface area contributed by atoms with Crippen molar-refractivity contribution in [3.05, 3.63) is 41.7 Å². The van der Waals surface area contributed by atoms with Crippen molar-refractivity contribution in [2.75, 3.05) is 6.54 Å². The third kappa shape index (κ3) is 2.36. The average molecular weight is 230 g/mol. The number of rotatable bonds is 4. The van der Waals surface area contributed by atoms with Crippen LogP contribution in [0.4, 0.5) is 0 Å². The van der Waals surface area contributed by atoms with Gasteiger partial charge in [0.25, 0.3) is 0 Å². The topological polar surface area (TPSA) is 42.7 Å². The van der Waals surface area contributed by atoms with Crippen LogP contribution in [-0.4, -0.2) is 21.1 Å². The van der Waals surface area contributed by atoms with Gasteiger partial charge in [0.15, 0.2) is 0 Å². The minimum absolute atomic E-state index is 0.852. The van der Waals surface area contributed by atoms with Crippen molar-refractivity contribution < 1.29 is 0 Å². The van der Waals surface area contributed by atoms with E-state index < -0.39 is 0 Å². The third-order valence-corrected chi connectivity index (χ3v) is 2.96. The molecule has 0 unspecified atom stereocenters. The normalized spacial score (nSPS) is 10.8. The monoisotopic (exact) mass is 230 g/mol. The van der Waals surface area contributed by atoms with E-state index in [1.807, 2.05) is 31.7 Å². The Morgan fingerprint density at radius 3 is 2.82 bits per heavy atom. The second-order valence-corrected chi connectivity index (χ2v) is 4.07. The standard InChI is InChI=1S/C13H18N4/c1-4-14-7-12-5-6-15-8-13(12)17-9-16-10(2)11(17)3/h5-6,8-9,14H,4,7H2,1-3H3. The van der Waals surface area contributed by atoms with Crippen molar-refractivity contribution in [2.24, 2.45) is 0 Å². The van der Waals surface area contributed by atoms with Gasteiger partial charge in [-0.05, 0) is 32.0 Å². The first kappa shape index (κ1) is 11.8. The van der Waals surface area contributed by atoms with Crippen LogP contribution in [0.2, 0.25) is 0 Å². The van der Waals surface area contributed by atoms with Crippen molar-refractivity contribution in [2.45, 2.75) is 27.3 Å². The fourth-order valence-corrected chi connectivity index (χ4v) is 1.78. The lowest BCUT2D eigenvalue weighted by molar-refractivity contribution is 0.720. The SMILES string of the molecule is CCNCc1ccncc1-n1cnc(C)c1C. The summed E-state index contributed by atoms with van der Waals surface area (Å²) in [6, 6.07) is 2.05. The van der Waals surface area contributed by atoms with Gasteiger partial charge in [0.05, 0.1) is 23.9 Å². The Morgan fingerprint density at radius 1 is 1.35 bits per heavy atom. The summed E-state index contributed by atoms with van der Waals surface area (Å²) >= 11 is 0. The number of aryl methyl sites for hydroxylation is 1. The molecule has 90 valence electrons. The zero-order valence-electron chi connectivity index (χ0n) is 10.6. The lowest BCUT2D eigenvalue weighted by atomic mass is 10.2. The predicted molar refractivity (Wildman–Crippen MR) is 68.2 cm³/mol. The highest BCUT2D eigenvalue weighted by atomic mass is 15.1. The lowest BCUT2D eigenvalue weighted by Crippen LogP contribution is -2.14. The smallest absolute Gasteiger partial charge is 0.0998 e. The van der Waals surface area contributed by atoms with Crippen molar-refractivity contribution in [3.63, 3.8) is 0 Å². The molecule has 0 aromatic carbocycles. The summed E-state index contributed by atoms with van der Waals surface area (Å²) in [5.41, 5.74) is 4.56. The predicted octanol–water partition coefficient (Wildman–Crippen LogP) is 1.99. The van der Waals surface area contributed by atoms with E-state index in [4.69, 9.17) is 0 Å². The number of imidazole rings is 1. The Kier molecular flexibility index (Phi) is 3.54.